The van der Waals surface area contributed by atoms with Gasteiger partial charge < -0.3 is 47.9 Å². The predicted octanol–water partition coefficient (Wildman–Crippen LogP) is 4.85. The van der Waals surface area contributed by atoms with Crippen molar-refractivity contribution in [3.05, 3.63) is 96.6 Å². The van der Waals surface area contributed by atoms with Gasteiger partial charge in [-0.1, -0.05) is 0 Å². The van der Waals surface area contributed by atoms with Gasteiger partial charge in [-0.15, -0.1) is 0 Å². The average molecular weight is 1100 g/mol. The van der Waals surface area contributed by atoms with Crippen LogP contribution in [0.2, 0.25) is 0 Å². The standard InChI is InChI=1S/C56H73N12O8.Mn/c1-69-33-25-61-17-18-62(26-34-70-2)53(61)49-41-9-11-43(57-41)50(54-63(27-35-71-3)19-20-64(54)28-36-72-4)45-13-15-47(59-45)52(56-67(31-39-75-7)23-24-68(56)32-40-76-8)48-16-14-46(60-48)51(44-12-10-42(49)58-44)55-65(29-37-73-5)21-22-66(55)30-38-74-6;/h9-24H,25-40H2,1-8H3,(H,57,58,59,60);/q2*+3/p+1. The maximum absolute atomic E-state index is 5.71. The minimum absolute atomic E-state index is 0. The van der Waals surface area contributed by atoms with Crippen LogP contribution in [0.4, 0.5) is 0 Å². The Morgan fingerprint density at radius 2 is 0.597 bits per heavy atom. The van der Waals surface area contributed by atoms with Gasteiger partial charge in [0.25, 0.3) is 23.3 Å². The number of imidazole rings is 4. The molecule has 77 heavy (non-hydrogen) atoms. The van der Waals surface area contributed by atoms with Crippen molar-refractivity contribution in [1.29, 1.82) is 0 Å². The molecule has 0 saturated heterocycles. The summed E-state index contributed by atoms with van der Waals surface area (Å²) in [6.07, 6.45) is 25.3. The topological polar surface area (TPSA) is 166 Å². The summed E-state index contributed by atoms with van der Waals surface area (Å²) in [6.45, 7) is 8.91. The number of ether oxygens (including phenoxy) is 8. The van der Waals surface area contributed by atoms with E-state index in [9.17, 15) is 0 Å². The molecule has 8 bridgehead atoms. The summed E-state index contributed by atoms with van der Waals surface area (Å²) < 4.78 is 63.5. The Balaban J connectivity index is 0.00000784. The van der Waals surface area contributed by atoms with E-state index in [1.54, 1.807) is 56.9 Å². The maximum Gasteiger partial charge on any atom is 3.00 e. The van der Waals surface area contributed by atoms with Gasteiger partial charge in [0.2, 0.25) is 0 Å². The summed E-state index contributed by atoms with van der Waals surface area (Å²) in [5.41, 5.74) is 10.2. The normalized spacial score (nSPS) is 12.2. The van der Waals surface area contributed by atoms with Crippen molar-refractivity contribution in [2.75, 3.05) is 110 Å². The van der Waals surface area contributed by atoms with Crippen LogP contribution < -0.4 is 18.3 Å². The van der Waals surface area contributed by atoms with Gasteiger partial charge in [0.05, 0.1) is 97.7 Å². The number of rotatable bonds is 28. The smallest absolute Gasteiger partial charge is 0.381 e. The van der Waals surface area contributed by atoms with Gasteiger partial charge in [0, 0.05) is 56.9 Å². The van der Waals surface area contributed by atoms with Crippen LogP contribution in [0.15, 0.2) is 73.8 Å². The number of fused-ring (bicyclic) bond motifs is 8. The molecule has 7 aromatic heterocycles. The van der Waals surface area contributed by atoms with Crippen LogP contribution >= 0.6 is 0 Å². The monoisotopic (exact) mass is 1100 g/mol. The van der Waals surface area contributed by atoms with Gasteiger partial charge in [-0.05, 0) is 48.6 Å². The molecule has 9 rings (SSSR count). The molecule has 2 aliphatic rings. The number of H-pyrrole nitrogens is 2. The summed E-state index contributed by atoms with van der Waals surface area (Å²) in [4.78, 5) is 19.4. The number of methoxy groups -OCH3 is 8. The van der Waals surface area contributed by atoms with Crippen molar-refractivity contribution < 1.29 is 73.2 Å². The molecule has 20 nitrogen and oxygen atoms in total. The van der Waals surface area contributed by atoms with E-state index >= 15 is 0 Å². The molecule has 0 spiro atoms. The van der Waals surface area contributed by atoms with E-state index in [2.05, 4.69) is 145 Å². The zero-order chi connectivity index (χ0) is 53.0. The quantitative estimate of drug-likeness (QED) is 0.0512. The molecule has 0 aromatic carbocycles. The zero-order valence-electron chi connectivity index (χ0n) is 45.7. The predicted molar refractivity (Wildman–Crippen MR) is 288 cm³/mol. The number of hydrogen-bond donors (Lipinski definition) is 2. The third-order valence-electron chi connectivity index (χ3n) is 13.8. The first-order chi connectivity index (χ1) is 37.4. The molecule has 0 amide bonds. The number of aromatic nitrogens is 12. The SMILES string of the molecule is COCCn1cc[n+](CCOC)c1-c1c2nc(c(-c3n(CCOC)cc[n+]3CCOC)c3ccc([nH]3)c(-c3n(CCOC)cc[n+]3CCOC)c3ccc([nH]3)c(-c3n(CCOC)cc[n+]3CCOC)c3nc1C=C3)C=C2.[Mn+3]. The summed E-state index contributed by atoms with van der Waals surface area (Å²) >= 11 is 0. The number of aromatic amines is 2. The number of nitrogens with zero attached hydrogens (tertiary/aromatic N) is 10. The Labute approximate surface area is 460 Å². The Morgan fingerprint density at radius 3 is 0.883 bits per heavy atom. The second-order valence-electron chi connectivity index (χ2n) is 18.5. The van der Waals surface area contributed by atoms with Crippen LogP contribution in [0.25, 0.3) is 91.9 Å². The summed E-state index contributed by atoms with van der Waals surface area (Å²) in [7, 11) is 13.9. The molecule has 0 atom stereocenters. The van der Waals surface area contributed by atoms with Gasteiger partial charge in [-0.2, -0.15) is 0 Å². The Hall–Kier alpha value is -6.36. The molecule has 0 fully saturated rings. The minimum atomic E-state index is 0. The van der Waals surface area contributed by atoms with Gasteiger partial charge in [0.1, 0.15) is 124 Å². The number of hydrogen-bond acceptors (Lipinski definition) is 10. The molecule has 0 unspecified atom stereocenters. The van der Waals surface area contributed by atoms with Crippen LogP contribution in [0.1, 0.15) is 22.8 Å². The molecule has 9 heterocycles. The van der Waals surface area contributed by atoms with Crippen molar-refractivity contribution in [3.63, 3.8) is 0 Å². The maximum atomic E-state index is 5.71. The van der Waals surface area contributed by atoms with E-state index in [0.29, 0.717) is 105 Å². The van der Waals surface area contributed by atoms with E-state index < -0.39 is 0 Å². The molecule has 406 valence electrons. The molecule has 2 aliphatic heterocycles. The fraction of sp³-hybridized carbons (Fsp3) is 0.429. The zero-order valence-corrected chi connectivity index (χ0v) is 46.8. The number of nitrogens with one attached hydrogen (secondary N) is 2. The van der Waals surface area contributed by atoms with Crippen molar-refractivity contribution in [1.82, 2.24) is 38.2 Å². The second kappa shape index (κ2) is 27.3. The summed E-state index contributed by atoms with van der Waals surface area (Å²) in [6, 6.07) is 8.68. The first-order valence-corrected chi connectivity index (χ1v) is 25.8. The minimum Gasteiger partial charge on any atom is -0.381 e. The van der Waals surface area contributed by atoms with Crippen molar-refractivity contribution >= 4 is 46.4 Å². The van der Waals surface area contributed by atoms with Gasteiger partial charge in [-0.25, -0.2) is 46.5 Å². The van der Waals surface area contributed by atoms with Gasteiger partial charge in [0.15, 0.2) is 0 Å². The van der Waals surface area contributed by atoms with Gasteiger partial charge in [-0.3, -0.25) is 0 Å². The molecule has 0 aliphatic carbocycles. The van der Waals surface area contributed by atoms with Crippen LogP contribution in [-0.2, 0) is 107 Å². The van der Waals surface area contributed by atoms with Crippen LogP contribution in [0.3, 0.4) is 0 Å². The molecule has 2 N–H and O–H groups in total. The Morgan fingerprint density at radius 1 is 0.351 bits per heavy atom. The molecule has 21 heteroatoms. The Kier molecular flexibility index (Phi) is 20.1. The van der Waals surface area contributed by atoms with E-state index in [1.165, 1.54) is 0 Å². The molecule has 0 saturated carbocycles. The third kappa shape index (κ3) is 12.2. The molecule has 0 radical (unpaired) electrons. The second-order valence-corrected chi connectivity index (χ2v) is 18.5. The largest absolute Gasteiger partial charge is 3.00 e. The van der Waals surface area contributed by atoms with Crippen LogP contribution in [-0.4, -0.2) is 148 Å². The van der Waals surface area contributed by atoms with Crippen molar-refractivity contribution in [2.45, 2.75) is 52.4 Å². The first-order valence-electron chi connectivity index (χ1n) is 25.8. The van der Waals surface area contributed by atoms with E-state index in [4.69, 9.17) is 47.9 Å². The molecule has 7 aromatic rings. The fourth-order valence-corrected chi connectivity index (χ4v) is 10.1. The van der Waals surface area contributed by atoms with E-state index in [1.807, 2.05) is 0 Å². The van der Waals surface area contributed by atoms with Crippen LogP contribution in [0.5, 0.6) is 0 Å². The third-order valence-corrected chi connectivity index (χ3v) is 13.8. The fourth-order valence-electron chi connectivity index (χ4n) is 10.1. The molecular formula is C56H74MnN12O8+7. The van der Waals surface area contributed by atoms with Crippen molar-refractivity contribution in [3.8, 4) is 45.6 Å². The van der Waals surface area contributed by atoms with E-state index in [-0.39, 0.29) is 17.1 Å². The Bertz CT molecular complexity index is 3070. The summed E-state index contributed by atoms with van der Waals surface area (Å²) in [5.74, 6) is 3.79. The van der Waals surface area contributed by atoms with Gasteiger partial charge >= 0.3 is 17.1 Å². The van der Waals surface area contributed by atoms with Crippen molar-refractivity contribution in [2.24, 2.45) is 0 Å². The first kappa shape index (κ1) is 56.8. The summed E-state index contributed by atoms with van der Waals surface area (Å²) in [5, 5.41) is 0. The van der Waals surface area contributed by atoms with Crippen LogP contribution in [0, 0.1) is 0 Å². The average Bonchev–Trinajstić information content (AvgIpc) is 4.41. The van der Waals surface area contributed by atoms with E-state index in [0.717, 1.165) is 90.4 Å². The molecular weight excluding hydrogens is 1020 g/mol.